The van der Waals surface area contributed by atoms with Crippen LogP contribution in [0, 0.1) is 6.92 Å². The van der Waals surface area contributed by atoms with E-state index in [1.54, 1.807) is 0 Å². The fraction of sp³-hybridized carbons (Fsp3) is 0.385. The summed E-state index contributed by atoms with van der Waals surface area (Å²) in [5.74, 6) is 0.993. The van der Waals surface area contributed by atoms with Crippen molar-refractivity contribution in [3.8, 4) is 5.75 Å². The number of hydrogen-bond donors (Lipinski definition) is 0. The topological polar surface area (TPSA) is 21.8 Å². The van der Waals surface area contributed by atoms with Crippen molar-refractivity contribution >= 4 is 0 Å². The van der Waals surface area contributed by atoms with Gasteiger partial charge in [0.2, 0.25) is 0 Å². The first kappa shape index (κ1) is 10.2. The SMILES string of the molecule is C=CCc1cccc(C)c1OCC1CO1. The summed E-state index contributed by atoms with van der Waals surface area (Å²) in [6.45, 7) is 7.32. The van der Waals surface area contributed by atoms with Gasteiger partial charge in [-0.1, -0.05) is 24.3 Å². The predicted octanol–water partition coefficient (Wildman–Crippen LogP) is 2.50. The maximum absolute atomic E-state index is 5.77. The second kappa shape index (κ2) is 4.49. The van der Waals surface area contributed by atoms with Gasteiger partial charge in [0.1, 0.15) is 18.5 Å². The van der Waals surface area contributed by atoms with Gasteiger partial charge in [-0.05, 0) is 24.5 Å². The van der Waals surface area contributed by atoms with E-state index in [2.05, 4.69) is 31.7 Å². The zero-order chi connectivity index (χ0) is 10.7. The maximum Gasteiger partial charge on any atom is 0.125 e. The minimum Gasteiger partial charge on any atom is -0.490 e. The van der Waals surface area contributed by atoms with Crippen LogP contribution in [0.15, 0.2) is 30.9 Å². The van der Waals surface area contributed by atoms with Gasteiger partial charge < -0.3 is 9.47 Å². The Kier molecular flexibility index (Phi) is 3.07. The maximum atomic E-state index is 5.77. The standard InChI is InChI=1S/C13H16O2/c1-3-5-11-7-4-6-10(2)13(11)15-9-12-8-14-12/h3-4,6-7,12H,1,5,8-9H2,2H3. The fourth-order valence-corrected chi connectivity index (χ4v) is 1.58. The Morgan fingerprint density at radius 3 is 3.07 bits per heavy atom. The molecule has 1 atom stereocenters. The van der Waals surface area contributed by atoms with Crippen LogP contribution >= 0.6 is 0 Å². The number of ether oxygens (including phenoxy) is 2. The molecule has 1 aromatic rings. The summed E-state index contributed by atoms with van der Waals surface area (Å²) in [4.78, 5) is 0. The molecule has 1 unspecified atom stereocenters. The van der Waals surface area contributed by atoms with Crippen molar-refractivity contribution in [3.05, 3.63) is 42.0 Å². The van der Waals surface area contributed by atoms with E-state index in [1.165, 1.54) is 11.1 Å². The third-order valence-electron chi connectivity index (χ3n) is 2.47. The Bertz CT molecular complexity index is 354. The number of benzene rings is 1. The van der Waals surface area contributed by atoms with Gasteiger partial charge in [0.25, 0.3) is 0 Å². The lowest BCUT2D eigenvalue weighted by atomic mass is 10.1. The summed E-state index contributed by atoms with van der Waals surface area (Å²) in [6.07, 6.45) is 3.05. The molecule has 1 saturated heterocycles. The van der Waals surface area contributed by atoms with Crippen molar-refractivity contribution in [2.45, 2.75) is 19.4 Å². The van der Waals surface area contributed by atoms with Crippen LogP contribution in [-0.2, 0) is 11.2 Å². The summed E-state index contributed by atoms with van der Waals surface area (Å²) in [6, 6.07) is 6.20. The summed E-state index contributed by atoms with van der Waals surface area (Å²) in [5, 5.41) is 0. The van der Waals surface area contributed by atoms with Crippen molar-refractivity contribution in [1.29, 1.82) is 0 Å². The van der Waals surface area contributed by atoms with Crippen LogP contribution in [0.25, 0.3) is 0 Å². The zero-order valence-electron chi connectivity index (χ0n) is 9.03. The molecule has 1 heterocycles. The molecule has 0 N–H and O–H groups in total. The van der Waals surface area contributed by atoms with Gasteiger partial charge >= 0.3 is 0 Å². The molecule has 1 aromatic carbocycles. The first-order valence-corrected chi connectivity index (χ1v) is 5.25. The largest absolute Gasteiger partial charge is 0.490 e. The van der Waals surface area contributed by atoms with Crippen molar-refractivity contribution in [3.63, 3.8) is 0 Å². The Labute approximate surface area is 90.5 Å². The van der Waals surface area contributed by atoms with Crippen LogP contribution < -0.4 is 4.74 Å². The third kappa shape index (κ3) is 2.60. The fourth-order valence-electron chi connectivity index (χ4n) is 1.58. The second-order valence-electron chi connectivity index (χ2n) is 3.82. The molecular formula is C13H16O2. The summed E-state index contributed by atoms with van der Waals surface area (Å²) < 4.78 is 10.9. The van der Waals surface area contributed by atoms with E-state index in [9.17, 15) is 0 Å². The van der Waals surface area contributed by atoms with Crippen molar-refractivity contribution in [2.24, 2.45) is 0 Å². The van der Waals surface area contributed by atoms with E-state index in [-0.39, 0.29) is 0 Å². The van der Waals surface area contributed by atoms with Crippen LogP contribution in [0.4, 0.5) is 0 Å². The first-order valence-electron chi connectivity index (χ1n) is 5.25. The van der Waals surface area contributed by atoms with Gasteiger partial charge in [0.05, 0.1) is 6.61 Å². The number of hydrogen-bond acceptors (Lipinski definition) is 2. The highest BCUT2D eigenvalue weighted by atomic mass is 16.6. The Morgan fingerprint density at radius 2 is 2.40 bits per heavy atom. The summed E-state index contributed by atoms with van der Waals surface area (Å²) in [7, 11) is 0. The highest BCUT2D eigenvalue weighted by molar-refractivity contribution is 5.41. The molecule has 1 aliphatic rings. The van der Waals surface area contributed by atoms with Crippen molar-refractivity contribution in [1.82, 2.24) is 0 Å². The van der Waals surface area contributed by atoms with Crippen LogP contribution in [-0.4, -0.2) is 19.3 Å². The minimum absolute atomic E-state index is 0.307. The second-order valence-corrected chi connectivity index (χ2v) is 3.82. The molecule has 0 aliphatic carbocycles. The van der Waals surface area contributed by atoms with E-state index in [1.807, 2.05) is 6.08 Å². The minimum atomic E-state index is 0.307. The molecule has 0 aromatic heterocycles. The number of para-hydroxylation sites is 1. The predicted molar refractivity (Wildman–Crippen MR) is 60.3 cm³/mol. The smallest absolute Gasteiger partial charge is 0.125 e. The van der Waals surface area contributed by atoms with Crippen molar-refractivity contribution in [2.75, 3.05) is 13.2 Å². The third-order valence-corrected chi connectivity index (χ3v) is 2.47. The van der Waals surface area contributed by atoms with Gasteiger partial charge in [-0.25, -0.2) is 0 Å². The monoisotopic (exact) mass is 204 g/mol. The lowest BCUT2D eigenvalue weighted by Crippen LogP contribution is -2.06. The summed E-state index contributed by atoms with van der Waals surface area (Å²) in [5.41, 5.74) is 2.38. The van der Waals surface area contributed by atoms with Gasteiger partial charge in [-0.3, -0.25) is 0 Å². The average Bonchev–Trinajstić information content (AvgIpc) is 3.01. The van der Waals surface area contributed by atoms with E-state index < -0.39 is 0 Å². The van der Waals surface area contributed by atoms with Gasteiger partial charge in [0.15, 0.2) is 0 Å². The number of allylic oxidation sites excluding steroid dienone is 1. The van der Waals surface area contributed by atoms with Crippen LogP contribution in [0.5, 0.6) is 5.75 Å². The first-order chi connectivity index (χ1) is 7.31. The van der Waals surface area contributed by atoms with E-state index in [4.69, 9.17) is 9.47 Å². The Morgan fingerprint density at radius 1 is 1.60 bits per heavy atom. The molecular weight excluding hydrogens is 188 g/mol. The molecule has 0 amide bonds. The molecule has 0 bridgehead atoms. The molecule has 0 radical (unpaired) electrons. The quantitative estimate of drug-likeness (QED) is 0.543. The highest BCUT2D eigenvalue weighted by Crippen LogP contribution is 2.25. The van der Waals surface area contributed by atoms with Crippen LogP contribution in [0.3, 0.4) is 0 Å². The molecule has 80 valence electrons. The molecule has 0 spiro atoms. The number of aryl methyl sites for hydroxylation is 1. The normalized spacial score (nSPS) is 18.6. The van der Waals surface area contributed by atoms with E-state index >= 15 is 0 Å². The average molecular weight is 204 g/mol. The van der Waals surface area contributed by atoms with Crippen LogP contribution in [0.2, 0.25) is 0 Å². The molecule has 2 heteroatoms. The lowest BCUT2D eigenvalue weighted by Gasteiger charge is -2.12. The lowest BCUT2D eigenvalue weighted by molar-refractivity contribution is 0.260. The summed E-state index contributed by atoms with van der Waals surface area (Å²) >= 11 is 0. The molecule has 1 fully saturated rings. The molecule has 1 aliphatic heterocycles. The molecule has 15 heavy (non-hydrogen) atoms. The van der Waals surface area contributed by atoms with E-state index in [0.29, 0.717) is 12.7 Å². The number of epoxide rings is 1. The van der Waals surface area contributed by atoms with Crippen molar-refractivity contribution < 1.29 is 9.47 Å². The van der Waals surface area contributed by atoms with Gasteiger partial charge in [0, 0.05) is 0 Å². The highest BCUT2D eigenvalue weighted by Gasteiger charge is 2.23. The molecule has 2 nitrogen and oxygen atoms in total. The Balaban J connectivity index is 2.12. The number of rotatable bonds is 5. The molecule has 2 rings (SSSR count). The van der Waals surface area contributed by atoms with Gasteiger partial charge in [-0.15, -0.1) is 6.58 Å². The van der Waals surface area contributed by atoms with E-state index in [0.717, 1.165) is 18.8 Å². The van der Waals surface area contributed by atoms with Crippen LogP contribution in [0.1, 0.15) is 11.1 Å². The van der Waals surface area contributed by atoms with Gasteiger partial charge in [-0.2, -0.15) is 0 Å². The molecule has 0 saturated carbocycles. The Hall–Kier alpha value is -1.28. The zero-order valence-corrected chi connectivity index (χ0v) is 9.03.